The first-order valence-electron chi connectivity index (χ1n) is 11.1. The van der Waals surface area contributed by atoms with Crippen molar-refractivity contribution in [3.8, 4) is 11.3 Å². The Morgan fingerprint density at radius 1 is 0.971 bits per heavy atom. The number of amides is 2. The fourth-order valence-corrected chi connectivity index (χ4v) is 3.79. The highest BCUT2D eigenvalue weighted by Gasteiger charge is 2.11. The molecule has 11 heteroatoms. The second kappa shape index (κ2) is 10.9. The number of nitrogens with zero attached hydrogens (tertiary/aromatic N) is 3. The average molecular weight is 482 g/mol. The zero-order valence-corrected chi connectivity index (χ0v) is 18.7. The summed E-state index contributed by atoms with van der Waals surface area (Å²) in [4.78, 5) is 27.5. The van der Waals surface area contributed by atoms with Crippen molar-refractivity contribution >= 4 is 28.7 Å². The third-order valence-electron chi connectivity index (χ3n) is 5.49. The van der Waals surface area contributed by atoms with Gasteiger partial charge in [0.05, 0.1) is 23.1 Å². The largest absolute Gasteiger partial charge is 0.326 e. The lowest BCUT2D eigenvalue weighted by molar-refractivity contribution is -0.129. The minimum absolute atomic E-state index is 0.189. The van der Waals surface area contributed by atoms with Crippen LogP contribution in [0.2, 0.25) is 0 Å². The molecular weight excluding hydrogens is 458 g/mol. The van der Waals surface area contributed by atoms with E-state index in [-0.39, 0.29) is 25.3 Å². The Morgan fingerprint density at radius 3 is 2.46 bits per heavy atom. The highest BCUT2D eigenvalue weighted by Crippen LogP contribution is 2.25. The molecule has 2 aromatic carbocycles. The maximum Gasteiger partial charge on any atom is 0.243 e. The number of fused-ring (bicyclic) bond motifs is 1. The lowest BCUT2D eigenvalue weighted by Crippen LogP contribution is -2.17. The van der Waals surface area contributed by atoms with Crippen molar-refractivity contribution in [2.75, 3.05) is 5.32 Å². The van der Waals surface area contributed by atoms with Crippen LogP contribution < -0.4 is 10.8 Å². The van der Waals surface area contributed by atoms with Crippen molar-refractivity contribution in [2.24, 2.45) is 0 Å². The fraction of sp³-hybridized carbons (Fsp3) is 0.250. The smallest absolute Gasteiger partial charge is 0.243 e. The summed E-state index contributed by atoms with van der Waals surface area (Å²) in [6, 6.07) is 10.7. The van der Waals surface area contributed by atoms with Crippen molar-refractivity contribution in [3.63, 3.8) is 0 Å². The zero-order chi connectivity index (χ0) is 24.8. The number of benzene rings is 2. The molecule has 0 saturated heterocycles. The fourth-order valence-electron chi connectivity index (χ4n) is 3.79. The van der Waals surface area contributed by atoms with Crippen molar-refractivity contribution in [1.29, 1.82) is 0 Å². The third-order valence-corrected chi connectivity index (χ3v) is 5.49. The van der Waals surface area contributed by atoms with Gasteiger partial charge in [-0.05, 0) is 42.7 Å². The van der Waals surface area contributed by atoms with E-state index in [1.165, 1.54) is 12.1 Å². The van der Waals surface area contributed by atoms with E-state index in [2.05, 4.69) is 20.5 Å². The number of unbranched alkanes of at least 4 members (excludes halogenated alkanes) is 2. The van der Waals surface area contributed by atoms with Crippen molar-refractivity contribution < 1.29 is 23.6 Å². The first kappa shape index (κ1) is 24.0. The van der Waals surface area contributed by atoms with E-state index < -0.39 is 17.5 Å². The number of hydrogen-bond acceptors (Lipinski definition) is 5. The monoisotopic (exact) mass is 482 g/mol. The summed E-state index contributed by atoms with van der Waals surface area (Å²) in [7, 11) is 0. The molecule has 4 rings (SSSR count). The van der Waals surface area contributed by atoms with Crippen LogP contribution in [0.15, 0.2) is 48.8 Å². The summed E-state index contributed by atoms with van der Waals surface area (Å²) < 4.78 is 28.9. The Bertz CT molecular complexity index is 1330. The van der Waals surface area contributed by atoms with Crippen LogP contribution in [0.3, 0.4) is 0 Å². The van der Waals surface area contributed by atoms with Gasteiger partial charge in [-0.1, -0.05) is 12.5 Å². The highest BCUT2D eigenvalue weighted by molar-refractivity contribution is 5.90. The van der Waals surface area contributed by atoms with E-state index in [1.807, 2.05) is 18.2 Å². The number of carbonyl (C=O) groups is 2. The van der Waals surface area contributed by atoms with Crippen LogP contribution in [0.4, 0.5) is 14.6 Å². The Morgan fingerprint density at radius 2 is 1.71 bits per heavy atom. The number of anilines is 1. The summed E-state index contributed by atoms with van der Waals surface area (Å²) in [5.41, 5.74) is 5.06. The van der Waals surface area contributed by atoms with Gasteiger partial charge in [-0.3, -0.25) is 19.9 Å². The number of imidazole rings is 1. The van der Waals surface area contributed by atoms with Gasteiger partial charge < -0.3 is 9.88 Å². The first-order chi connectivity index (χ1) is 16.9. The lowest BCUT2D eigenvalue weighted by atomic mass is 10.1. The number of H-pyrrole nitrogens is 1. The molecule has 9 nitrogen and oxygen atoms in total. The Hall–Kier alpha value is -4.12. The predicted octanol–water partition coefficient (Wildman–Crippen LogP) is 4.15. The van der Waals surface area contributed by atoms with Crippen LogP contribution in [0.5, 0.6) is 0 Å². The Labute approximate surface area is 199 Å². The van der Waals surface area contributed by atoms with Crippen molar-refractivity contribution in [1.82, 2.24) is 25.2 Å². The van der Waals surface area contributed by atoms with E-state index in [9.17, 15) is 18.4 Å². The molecule has 2 amide bonds. The standard InChI is InChI=1S/C24H24F2N6O3/c25-17-8-15(9-18(26)11-17)13-32-14-27-19-7-6-16(10-21(19)32)20-12-22(30-29-20)28-23(33)4-2-1-3-5-24(34)31-35/h6-12,14,35H,1-5,13H2,(H,31,34)(H2,28,29,30,33). The Balaban J connectivity index is 1.39. The third kappa shape index (κ3) is 6.27. The van der Waals surface area contributed by atoms with Crippen molar-refractivity contribution in [3.05, 3.63) is 66.0 Å². The second-order valence-electron chi connectivity index (χ2n) is 8.16. The van der Waals surface area contributed by atoms with E-state index in [1.54, 1.807) is 22.4 Å². The van der Waals surface area contributed by atoms with E-state index in [0.29, 0.717) is 36.3 Å². The quantitative estimate of drug-likeness (QED) is 0.154. The highest BCUT2D eigenvalue weighted by atomic mass is 19.1. The molecular formula is C24H24F2N6O3. The predicted molar refractivity (Wildman–Crippen MR) is 124 cm³/mol. The van der Waals surface area contributed by atoms with Crippen LogP contribution >= 0.6 is 0 Å². The van der Waals surface area contributed by atoms with Gasteiger partial charge >= 0.3 is 0 Å². The molecule has 2 aromatic heterocycles. The molecule has 0 saturated carbocycles. The molecule has 2 heterocycles. The molecule has 0 aliphatic rings. The number of nitrogens with one attached hydrogen (secondary N) is 3. The van der Waals surface area contributed by atoms with Gasteiger partial charge in [0.15, 0.2) is 5.82 Å². The van der Waals surface area contributed by atoms with Gasteiger partial charge in [-0.2, -0.15) is 5.10 Å². The molecule has 0 atom stereocenters. The lowest BCUT2D eigenvalue weighted by Gasteiger charge is -2.06. The number of carbonyl (C=O) groups excluding carboxylic acids is 2. The molecule has 0 aliphatic carbocycles. The number of aromatic amines is 1. The van der Waals surface area contributed by atoms with E-state index in [4.69, 9.17) is 5.21 Å². The molecule has 4 aromatic rings. The van der Waals surface area contributed by atoms with Crippen molar-refractivity contribution in [2.45, 2.75) is 38.6 Å². The summed E-state index contributed by atoms with van der Waals surface area (Å²) in [6.07, 6.45) is 3.99. The number of hydrogen-bond donors (Lipinski definition) is 4. The van der Waals surface area contributed by atoms with Crippen LogP contribution in [0.1, 0.15) is 37.7 Å². The number of aromatic nitrogens is 4. The summed E-state index contributed by atoms with van der Waals surface area (Å²) in [5, 5.41) is 18.2. The summed E-state index contributed by atoms with van der Waals surface area (Å²) >= 11 is 0. The molecule has 0 bridgehead atoms. The van der Waals surface area contributed by atoms with Gasteiger partial charge in [-0.15, -0.1) is 0 Å². The summed E-state index contributed by atoms with van der Waals surface area (Å²) in [6.45, 7) is 0.254. The second-order valence-corrected chi connectivity index (χ2v) is 8.16. The average Bonchev–Trinajstić information content (AvgIpc) is 3.45. The molecule has 0 radical (unpaired) electrons. The topological polar surface area (TPSA) is 125 Å². The SMILES string of the molecule is O=C(CCCCCC(=O)Nc1cc(-c2ccc3ncn(Cc4cc(F)cc(F)c4)c3c2)[nH]n1)NO. The molecule has 0 aliphatic heterocycles. The maximum absolute atomic E-state index is 13.6. The van der Waals surface area contributed by atoms with Crippen LogP contribution in [-0.4, -0.2) is 36.8 Å². The molecule has 182 valence electrons. The Kier molecular flexibility index (Phi) is 7.46. The van der Waals surface area contributed by atoms with Gasteiger partial charge in [0.2, 0.25) is 11.8 Å². The van der Waals surface area contributed by atoms with Gasteiger partial charge in [0.1, 0.15) is 11.6 Å². The molecule has 0 spiro atoms. The molecule has 0 fully saturated rings. The number of rotatable bonds is 10. The molecule has 4 N–H and O–H groups in total. The zero-order valence-electron chi connectivity index (χ0n) is 18.7. The van der Waals surface area contributed by atoms with Crippen LogP contribution in [0, 0.1) is 11.6 Å². The molecule has 35 heavy (non-hydrogen) atoms. The minimum Gasteiger partial charge on any atom is -0.326 e. The van der Waals surface area contributed by atoms with Gasteiger partial charge in [0.25, 0.3) is 0 Å². The van der Waals surface area contributed by atoms with Gasteiger partial charge in [-0.25, -0.2) is 19.2 Å². The number of hydroxylamine groups is 1. The van der Waals surface area contributed by atoms with Crippen LogP contribution in [0.25, 0.3) is 22.3 Å². The van der Waals surface area contributed by atoms with Crippen LogP contribution in [-0.2, 0) is 16.1 Å². The normalized spacial score (nSPS) is 11.1. The summed E-state index contributed by atoms with van der Waals surface area (Å²) in [5.74, 6) is -1.51. The van der Waals surface area contributed by atoms with E-state index in [0.717, 1.165) is 22.7 Å². The minimum atomic E-state index is -0.633. The van der Waals surface area contributed by atoms with E-state index >= 15 is 0 Å². The number of halogens is 2. The van der Waals surface area contributed by atoms with Gasteiger partial charge in [0, 0.05) is 37.1 Å². The first-order valence-corrected chi connectivity index (χ1v) is 11.1. The molecule has 0 unspecified atom stereocenters. The maximum atomic E-state index is 13.6.